The second-order valence-electron chi connectivity index (χ2n) is 4.46. The van der Waals surface area contributed by atoms with Crippen LogP contribution in [-0.2, 0) is 10.1 Å². The third-order valence-corrected chi connectivity index (χ3v) is 3.38. The Kier molecular flexibility index (Phi) is 12.3. The van der Waals surface area contributed by atoms with Crippen molar-refractivity contribution in [1.29, 1.82) is 0 Å². The van der Waals surface area contributed by atoms with Crippen molar-refractivity contribution in [1.82, 2.24) is 0 Å². The van der Waals surface area contributed by atoms with Crippen molar-refractivity contribution in [2.75, 3.05) is 12.4 Å². The summed E-state index contributed by atoms with van der Waals surface area (Å²) in [6, 6.07) is 0. The molecule has 0 bridgehead atoms. The minimum atomic E-state index is -5.31. The van der Waals surface area contributed by atoms with Crippen molar-refractivity contribution in [3.63, 3.8) is 0 Å². The standard InChI is InChI=1S/C10H14F8O3S.Na/c11-2-1-4(12)6(14)8(16)10(18)9(17)7(15)5(13)3-22(19,20)21;/h4-10H,1-3H2,(H,19,20,21);/q;+1/p-1. The molecule has 3 nitrogen and oxygen atoms in total. The van der Waals surface area contributed by atoms with Gasteiger partial charge in [0.1, 0.15) is 12.3 Å². The van der Waals surface area contributed by atoms with Gasteiger partial charge in [-0.3, -0.25) is 4.39 Å². The number of alkyl halides is 8. The first kappa shape index (κ1) is 25.6. The van der Waals surface area contributed by atoms with Gasteiger partial charge in [0, 0.05) is 6.42 Å². The van der Waals surface area contributed by atoms with Gasteiger partial charge in [-0.05, 0) is 0 Å². The van der Waals surface area contributed by atoms with Crippen LogP contribution in [0.25, 0.3) is 0 Å². The Morgan fingerprint density at radius 1 is 0.739 bits per heavy atom. The summed E-state index contributed by atoms with van der Waals surface area (Å²) >= 11 is 0. The fraction of sp³-hybridized carbons (Fsp3) is 1.00. The first-order chi connectivity index (χ1) is 9.92. The fourth-order valence-corrected chi connectivity index (χ4v) is 2.05. The van der Waals surface area contributed by atoms with Gasteiger partial charge in [-0.15, -0.1) is 0 Å². The van der Waals surface area contributed by atoms with E-state index in [1.54, 1.807) is 0 Å². The quantitative estimate of drug-likeness (QED) is 0.282. The van der Waals surface area contributed by atoms with Gasteiger partial charge < -0.3 is 4.55 Å². The predicted molar refractivity (Wildman–Crippen MR) is 59.4 cm³/mol. The summed E-state index contributed by atoms with van der Waals surface area (Å²) in [5.74, 6) is -2.04. The topological polar surface area (TPSA) is 57.2 Å². The van der Waals surface area contributed by atoms with Crippen LogP contribution < -0.4 is 29.6 Å². The van der Waals surface area contributed by atoms with Crippen LogP contribution in [0.15, 0.2) is 0 Å². The van der Waals surface area contributed by atoms with Crippen molar-refractivity contribution in [3.8, 4) is 0 Å². The molecule has 13 heteroatoms. The van der Waals surface area contributed by atoms with E-state index in [-0.39, 0.29) is 29.6 Å². The molecule has 0 saturated heterocycles. The van der Waals surface area contributed by atoms with Crippen LogP contribution in [-0.4, -0.2) is 68.6 Å². The molecule has 0 aliphatic carbocycles. The Morgan fingerprint density at radius 3 is 1.43 bits per heavy atom. The van der Waals surface area contributed by atoms with Gasteiger partial charge in [-0.2, -0.15) is 0 Å². The van der Waals surface area contributed by atoms with Crippen LogP contribution in [0, 0.1) is 0 Å². The third-order valence-electron chi connectivity index (χ3n) is 2.66. The minimum Gasteiger partial charge on any atom is -0.748 e. The molecular weight excluding hydrogens is 375 g/mol. The fourth-order valence-electron chi connectivity index (χ4n) is 1.48. The molecule has 0 spiro atoms. The molecule has 0 saturated carbocycles. The van der Waals surface area contributed by atoms with E-state index in [9.17, 15) is 48.1 Å². The smallest absolute Gasteiger partial charge is 0.748 e. The average Bonchev–Trinajstić information content (AvgIpc) is 2.41. The maximum atomic E-state index is 13.2. The van der Waals surface area contributed by atoms with Crippen LogP contribution in [0.1, 0.15) is 6.42 Å². The van der Waals surface area contributed by atoms with Gasteiger partial charge in [-0.25, -0.2) is 39.2 Å². The maximum absolute atomic E-state index is 13.2. The van der Waals surface area contributed by atoms with E-state index in [4.69, 9.17) is 0 Å². The van der Waals surface area contributed by atoms with Gasteiger partial charge in [0.05, 0.1) is 22.5 Å². The number of hydrogen-bond acceptors (Lipinski definition) is 3. The molecule has 0 heterocycles. The van der Waals surface area contributed by atoms with Crippen LogP contribution in [0.3, 0.4) is 0 Å². The van der Waals surface area contributed by atoms with Crippen molar-refractivity contribution in [3.05, 3.63) is 0 Å². The molecule has 0 radical (unpaired) electrons. The molecule has 7 atom stereocenters. The van der Waals surface area contributed by atoms with Crippen LogP contribution in [0.4, 0.5) is 35.1 Å². The molecule has 0 aromatic rings. The Labute approximate surface area is 149 Å². The van der Waals surface area contributed by atoms with E-state index in [1.165, 1.54) is 0 Å². The first-order valence-corrected chi connectivity index (χ1v) is 7.48. The van der Waals surface area contributed by atoms with Crippen LogP contribution >= 0.6 is 0 Å². The summed E-state index contributed by atoms with van der Waals surface area (Å²) in [5, 5.41) is 0. The van der Waals surface area contributed by atoms with E-state index in [0.717, 1.165) is 0 Å². The van der Waals surface area contributed by atoms with Gasteiger partial charge in [0.25, 0.3) is 0 Å². The molecule has 0 aliphatic heterocycles. The van der Waals surface area contributed by atoms with E-state index in [0.29, 0.717) is 0 Å². The normalized spacial score (nSPS) is 21.4. The molecule has 0 aromatic heterocycles. The third kappa shape index (κ3) is 8.84. The van der Waals surface area contributed by atoms with E-state index in [2.05, 4.69) is 0 Å². The molecule has 0 N–H and O–H groups in total. The molecule has 0 amide bonds. The summed E-state index contributed by atoms with van der Waals surface area (Å²) < 4.78 is 134. The van der Waals surface area contributed by atoms with Gasteiger partial charge in [-0.1, -0.05) is 0 Å². The van der Waals surface area contributed by atoms with Crippen molar-refractivity contribution in [2.45, 2.75) is 49.6 Å². The number of rotatable bonds is 10. The van der Waals surface area contributed by atoms with E-state index < -0.39 is 72.2 Å². The monoisotopic (exact) mass is 388 g/mol. The molecule has 23 heavy (non-hydrogen) atoms. The maximum Gasteiger partial charge on any atom is 1.00 e. The molecule has 0 aromatic carbocycles. The van der Waals surface area contributed by atoms with Crippen LogP contribution in [0.2, 0.25) is 0 Å². The number of halogens is 8. The Morgan fingerprint density at radius 2 is 1.09 bits per heavy atom. The summed E-state index contributed by atoms with van der Waals surface area (Å²) in [6.45, 7) is -1.41. The van der Waals surface area contributed by atoms with E-state index >= 15 is 0 Å². The zero-order valence-electron chi connectivity index (χ0n) is 11.8. The second-order valence-corrected chi connectivity index (χ2v) is 5.90. The minimum absolute atomic E-state index is 0. The van der Waals surface area contributed by atoms with Gasteiger partial charge >= 0.3 is 29.6 Å². The van der Waals surface area contributed by atoms with Gasteiger partial charge in [0.2, 0.25) is 0 Å². The molecule has 0 fully saturated rings. The SMILES string of the molecule is O=S(=O)([O-])CC(F)C(F)C(F)C(F)C(F)C(F)C(F)CCF.[Na+]. The number of hydrogen-bond donors (Lipinski definition) is 0. The Hall–Kier alpha value is 0.350. The summed E-state index contributed by atoms with van der Waals surface area (Å²) in [7, 11) is -5.31. The Balaban J connectivity index is 0. The molecule has 0 rings (SSSR count). The molecule has 0 aliphatic rings. The molecular formula is C10H13F8NaO3S. The summed E-state index contributed by atoms with van der Waals surface area (Å²) in [5.41, 5.74) is 0. The van der Waals surface area contributed by atoms with E-state index in [1.807, 2.05) is 0 Å². The zero-order valence-corrected chi connectivity index (χ0v) is 14.6. The van der Waals surface area contributed by atoms with Crippen molar-refractivity contribution < 1.29 is 77.7 Å². The average molecular weight is 388 g/mol. The predicted octanol–water partition coefficient (Wildman–Crippen LogP) is -0.738. The molecule has 7 unspecified atom stereocenters. The van der Waals surface area contributed by atoms with Gasteiger partial charge in [0.15, 0.2) is 30.9 Å². The first-order valence-electron chi connectivity index (χ1n) is 5.90. The van der Waals surface area contributed by atoms with Crippen molar-refractivity contribution >= 4 is 10.1 Å². The molecule has 134 valence electrons. The van der Waals surface area contributed by atoms with Crippen molar-refractivity contribution in [2.24, 2.45) is 0 Å². The largest absolute Gasteiger partial charge is 1.00 e. The zero-order chi connectivity index (χ0) is 17.7. The Bertz CT molecular complexity index is 428. The summed E-state index contributed by atoms with van der Waals surface area (Å²) in [6.07, 6.45) is -25.1. The summed E-state index contributed by atoms with van der Waals surface area (Å²) in [4.78, 5) is 0. The second kappa shape index (κ2) is 11.1. The van der Waals surface area contributed by atoms with Crippen LogP contribution in [0.5, 0.6) is 0 Å².